The molecule has 0 N–H and O–H groups in total. The van der Waals surface area contributed by atoms with Crippen molar-refractivity contribution in [2.45, 2.75) is 19.3 Å². The zero-order valence-electron chi connectivity index (χ0n) is 23.6. The van der Waals surface area contributed by atoms with Gasteiger partial charge in [-0.05, 0) is 79.7 Å². The lowest BCUT2D eigenvalue weighted by atomic mass is 9.73. The minimum Gasteiger partial charge on any atom is -0.278 e. The van der Waals surface area contributed by atoms with Crippen LogP contribution in [0.4, 0.5) is 17.3 Å². The number of fused-ring (bicyclic) bond motifs is 4. The van der Waals surface area contributed by atoms with Crippen molar-refractivity contribution in [1.82, 2.24) is 9.97 Å². The molecular formula is C39H29N3. The molecular weight excluding hydrogens is 510 g/mol. The summed E-state index contributed by atoms with van der Waals surface area (Å²) in [5.74, 6) is 1.80. The van der Waals surface area contributed by atoms with E-state index in [9.17, 15) is 0 Å². The summed E-state index contributed by atoms with van der Waals surface area (Å²) in [6, 6.07) is 45.7. The van der Waals surface area contributed by atoms with Gasteiger partial charge in [0.15, 0.2) is 0 Å². The Labute approximate surface area is 245 Å². The van der Waals surface area contributed by atoms with Gasteiger partial charge in [-0.1, -0.05) is 111 Å². The van der Waals surface area contributed by atoms with E-state index in [-0.39, 0.29) is 5.41 Å². The van der Waals surface area contributed by atoms with E-state index in [0.717, 1.165) is 17.3 Å². The third-order valence-corrected chi connectivity index (χ3v) is 8.74. The zero-order chi connectivity index (χ0) is 28.3. The average Bonchev–Trinajstić information content (AvgIpc) is 3.04. The standard InChI is InChI=1S/C39H29N3/c1-39(2)32-19-12-24-41-38(32)42(35-20-10-11-23-40-35)34-22-21-27(25-33(34)39)37-30-17-8-6-15-28(30)36(26-13-4-3-5-14-26)29-16-7-9-18-31(29)37/h3-25H,1-2H3. The molecule has 1 aliphatic heterocycles. The van der Waals surface area contributed by atoms with E-state index < -0.39 is 0 Å². The molecule has 5 aromatic carbocycles. The summed E-state index contributed by atoms with van der Waals surface area (Å²) < 4.78 is 0. The number of pyridine rings is 2. The summed E-state index contributed by atoms with van der Waals surface area (Å²) >= 11 is 0. The van der Waals surface area contributed by atoms with Crippen LogP contribution in [0, 0.1) is 0 Å². The molecule has 0 saturated carbocycles. The molecule has 8 rings (SSSR count). The van der Waals surface area contributed by atoms with Crippen molar-refractivity contribution >= 4 is 38.9 Å². The maximum Gasteiger partial charge on any atom is 0.142 e. The van der Waals surface area contributed by atoms with Crippen LogP contribution in [0.5, 0.6) is 0 Å². The number of anilines is 3. The second kappa shape index (κ2) is 9.39. The Morgan fingerprint density at radius 2 is 1.10 bits per heavy atom. The molecule has 7 aromatic rings. The molecule has 200 valence electrons. The van der Waals surface area contributed by atoms with Crippen molar-refractivity contribution in [3.8, 4) is 22.3 Å². The Hall–Kier alpha value is -5.28. The Balaban J connectivity index is 1.43. The topological polar surface area (TPSA) is 29.0 Å². The number of hydrogen-bond acceptors (Lipinski definition) is 3. The molecule has 0 saturated heterocycles. The van der Waals surface area contributed by atoms with Gasteiger partial charge in [-0.25, -0.2) is 9.97 Å². The number of aromatic nitrogens is 2. The third-order valence-electron chi connectivity index (χ3n) is 8.74. The smallest absolute Gasteiger partial charge is 0.142 e. The second-order valence-corrected chi connectivity index (χ2v) is 11.5. The fourth-order valence-corrected chi connectivity index (χ4v) is 6.78. The molecule has 0 bridgehead atoms. The minimum atomic E-state index is -0.254. The Bertz CT molecular complexity index is 2060. The Morgan fingerprint density at radius 3 is 1.74 bits per heavy atom. The molecule has 1 aliphatic rings. The van der Waals surface area contributed by atoms with E-state index >= 15 is 0 Å². The van der Waals surface area contributed by atoms with Gasteiger partial charge in [0.25, 0.3) is 0 Å². The van der Waals surface area contributed by atoms with E-state index in [1.165, 1.54) is 54.9 Å². The van der Waals surface area contributed by atoms with Gasteiger partial charge in [-0.3, -0.25) is 4.90 Å². The van der Waals surface area contributed by atoms with Crippen molar-refractivity contribution in [1.29, 1.82) is 0 Å². The summed E-state index contributed by atoms with van der Waals surface area (Å²) in [7, 11) is 0. The maximum absolute atomic E-state index is 4.86. The molecule has 2 aromatic heterocycles. The molecule has 42 heavy (non-hydrogen) atoms. The lowest BCUT2D eigenvalue weighted by molar-refractivity contribution is 0.627. The zero-order valence-corrected chi connectivity index (χ0v) is 23.6. The van der Waals surface area contributed by atoms with Gasteiger partial charge in [0, 0.05) is 23.4 Å². The van der Waals surface area contributed by atoms with E-state index in [1.54, 1.807) is 0 Å². The van der Waals surface area contributed by atoms with Crippen LogP contribution in [-0.2, 0) is 5.41 Å². The monoisotopic (exact) mass is 539 g/mol. The first-order chi connectivity index (χ1) is 20.6. The van der Waals surface area contributed by atoms with E-state index in [2.05, 4.69) is 128 Å². The molecule has 0 atom stereocenters. The highest BCUT2D eigenvalue weighted by molar-refractivity contribution is 6.21. The molecule has 0 unspecified atom stereocenters. The van der Waals surface area contributed by atoms with Crippen molar-refractivity contribution in [3.05, 3.63) is 151 Å². The predicted molar refractivity (Wildman–Crippen MR) is 175 cm³/mol. The van der Waals surface area contributed by atoms with Crippen molar-refractivity contribution in [3.63, 3.8) is 0 Å². The highest BCUT2D eigenvalue weighted by Crippen LogP contribution is 2.52. The Morgan fingerprint density at radius 1 is 0.500 bits per heavy atom. The van der Waals surface area contributed by atoms with Crippen LogP contribution in [-0.4, -0.2) is 9.97 Å². The summed E-state index contributed by atoms with van der Waals surface area (Å²) in [5.41, 5.74) is 8.30. The van der Waals surface area contributed by atoms with Crippen LogP contribution in [0.1, 0.15) is 25.0 Å². The van der Waals surface area contributed by atoms with E-state index in [1.807, 2.05) is 30.6 Å². The summed E-state index contributed by atoms with van der Waals surface area (Å²) in [6.07, 6.45) is 3.72. The highest BCUT2D eigenvalue weighted by atomic mass is 15.2. The largest absolute Gasteiger partial charge is 0.278 e. The second-order valence-electron chi connectivity index (χ2n) is 11.5. The molecule has 0 amide bonds. The van der Waals surface area contributed by atoms with Crippen LogP contribution >= 0.6 is 0 Å². The van der Waals surface area contributed by atoms with Gasteiger partial charge < -0.3 is 0 Å². The van der Waals surface area contributed by atoms with Gasteiger partial charge >= 0.3 is 0 Å². The van der Waals surface area contributed by atoms with Crippen LogP contribution in [0.15, 0.2) is 140 Å². The van der Waals surface area contributed by atoms with Crippen LogP contribution in [0.25, 0.3) is 43.8 Å². The number of hydrogen-bond donors (Lipinski definition) is 0. The lowest BCUT2D eigenvalue weighted by Crippen LogP contribution is -2.31. The molecule has 0 radical (unpaired) electrons. The quantitative estimate of drug-likeness (QED) is 0.209. The van der Waals surface area contributed by atoms with Gasteiger partial charge in [0.2, 0.25) is 0 Å². The first-order valence-corrected chi connectivity index (χ1v) is 14.4. The van der Waals surface area contributed by atoms with Crippen molar-refractivity contribution in [2.75, 3.05) is 4.90 Å². The van der Waals surface area contributed by atoms with Crippen LogP contribution in [0.2, 0.25) is 0 Å². The number of nitrogens with zero attached hydrogens (tertiary/aromatic N) is 3. The van der Waals surface area contributed by atoms with Gasteiger partial charge in [-0.2, -0.15) is 0 Å². The minimum absolute atomic E-state index is 0.254. The van der Waals surface area contributed by atoms with E-state index in [0.29, 0.717) is 0 Å². The SMILES string of the molecule is CC1(C)c2cc(-c3c4ccccc4c(-c4ccccc4)c4ccccc34)ccc2N(c2ccccn2)c2ncccc21. The summed E-state index contributed by atoms with van der Waals surface area (Å²) in [4.78, 5) is 11.8. The number of rotatable bonds is 3. The predicted octanol–water partition coefficient (Wildman–Crippen LogP) is 10.2. The first kappa shape index (κ1) is 24.5. The molecule has 3 nitrogen and oxygen atoms in total. The van der Waals surface area contributed by atoms with Crippen LogP contribution in [0.3, 0.4) is 0 Å². The third kappa shape index (κ3) is 3.60. The summed E-state index contributed by atoms with van der Waals surface area (Å²) in [5, 5.41) is 5.04. The first-order valence-electron chi connectivity index (χ1n) is 14.4. The molecule has 0 fully saturated rings. The molecule has 3 heteroatoms. The Kier molecular flexibility index (Phi) is 5.48. The normalized spacial score (nSPS) is 13.6. The number of benzene rings is 5. The van der Waals surface area contributed by atoms with Gasteiger partial charge in [0.1, 0.15) is 11.6 Å². The van der Waals surface area contributed by atoms with Crippen molar-refractivity contribution < 1.29 is 0 Å². The molecule has 3 heterocycles. The highest BCUT2D eigenvalue weighted by Gasteiger charge is 2.38. The van der Waals surface area contributed by atoms with Crippen LogP contribution < -0.4 is 4.90 Å². The lowest BCUT2D eigenvalue weighted by Gasteiger charge is -2.40. The summed E-state index contributed by atoms with van der Waals surface area (Å²) in [6.45, 7) is 4.61. The van der Waals surface area contributed by atoms with Gasteiger partial charge in [0.05, 0.1) is 5.69 Å². The molecule has 0 aliphatic carbocycles. The van der Waals surface area contributed by atoms with Gasteiger partial charge in [-0.15, -0.1) is 0 Å². The van der Waals surface area contributed by atoms with E-state index in [4.69, 9.17) is 9.97 Å². The average molecular weight is 540 g/mol. The fraction of sp³-hybridized carbons (Fsp3) is 0.0769. The fourth-order valence-electron chi connectivity index (χ4n) is 6.78. The maximum atomic E-state index is 4.86. The molecule has 0 spiro atoms. The van der Waals surface area contributed by atoms with Crippen molar-refractivity contribution in [2.24, 2.45) is 0 Å².